The molecule has 0 bridgehead atoms. The van der Waals surface area contributed by atoms with Crippen LogP contribution < -0.4 is 5.32 Å². The number of amides is 1. The number of carbonyl (C=O) groups excluding carboxylic acids is 2. The molecule has 0 atom stereocenters. The number of carbonyl (C=O) groups is 2. The summed E-state index contributed by atoms with van der Waals surface area (Å²) in [6.07, 6.45) is -4.75. The second kappa shape index (κ2) is 7.88. The number of nitrogens with zero attached hydrogens (tertiary/aromatic N) is 4. The van der Waals surface area contributed by atoms with Crippen LogP contribution in [0.2, 0.25) is 0 Å². The fourth-order valence-electron chi connectivity index (χ4n) is 3.04. The van der Waals surface area contributed by atoms with E-state index < -0.39 is 23.6 Å². The molecule has 2 aromatic carbocycles. The van der Waals surface area contributed by atoms with Gasteiger partial charge in [0.05, 0.1) is 5.69 Å². The molecule has 0 aliphatic carbocycles. The first-order valence-electron chi connectivity index (χ1n) is 9.46. The van der Waals surface area contributed by atoms with Gasteiger partial charge in [0.25, 0.3) is 11.7 Å². The number of aryl methyl sites for hydroxylation is 1. The fraction of sp³-hybridized carbons (Fsp3) is 0.136. The molecule has 0 unspecified atom stereocenters. The molecule has 32 heavy (non-hydrogen) atoms. The van der Waals surface area contributed by atoms with Crippen LogP contribution in [-0.4, -0.2) is 31.3 Å². The summed E-state index contributed by atoms with van der Waals surface area (Å²) in [5.74, 6) is -1.88. The molecule has 1 N–H and O–H groups in total. The van der Waals surface area contributed by atoms with Crippen LogP contribution in [0.4, 0.5) is 18.9 Å². The highest BCUT2D eigenvalue weighted by Gasteiger charge is 2.36. The number of ketones is 1. The van der Waals surface area contributed by atoms with Gasteiger partial charge in [-0.3, -0.25) is 9.59 Å². The highest BCUT2D eigenvalue weighted by molar-refractivity contribution is 6.03. The van der Waals surface area contributed by atoms with Gasteiger partial charge in [0.1, 0.15) is 0 Å². The van der Waals surface area contributed by atoms with E-state index >= 15 is 0 Å². The third-order valence-corrected chi connectivity index (χ3v) is 4.68. The minimum atomic E-state index is -4.75. The standard InChI is InChI=1S/C22H16F3N5O2/c1-12-6-8-14(9-7-12)17-11-18(22(23,24)25)30-21(27-17)28-19(29-30)20(32)26-16-5-3-4-15(10-16)13(2)31/h3-11H,1-2H3,(H,26,32). The Hall–Kier alpha value is -4.08. The molecule has 2 aromatic heterocycles. The number of hydrogen-bond donors (Lipinski definition) is 1. The number of anilines is 1. The normalized spacial score (nSPS) is 11.5. The van der Waals surface area contributed by atoms with Gasteiger partial charge in [-0.25, -0.2) is 4.98 Å². The van der Waals surface area contributed by atoms with Crippen LogP contribution in [0.3, 0.4) is 0 Å². The van der Waals surface area contributed by atoms with Crippen LogP contribution in [-0.2, 0) is 6.18 Å². The Bertz CT molecular complexity index is 1340. The summed E-state index contributed by atoms with van der Waals surface area (Å²) in [4.78, 5) is 32.2. The van der Waals surface area contributed by atoms with Crippen LogP contribution in [0.1, 0.15) is 39.2 Å². The van der Waals surface area contributed by atoms with E-state index in [0.29, 0.717) is 15.6 Å². The van der Waals surface area contributed by atoms with Crippen molar-refractivity contribution in [3.63, 3.8) is 0 Å². The van der Waals surface area contributed by atoms with Crippen molar-refractivity contribution in [1.82, 2.24) is 19.6 Å². The summed E-state index contributed by atoms with van der Waals surface area (Å²) in [5.41, 5.74) is 1.02. The lowest BCUT2D eigenvalue weighted by Crippen LogP contribution is -2.16. The molecular formula is C22H16F3N5O2. The molecule has 0 aliphatic heterocycles. The first-order chi connectivity index (χ1) is 15.1. The zero-order valence-corrected chi connectivity index (χ0v) is 16.9. The second-order valence-corrected chi connectivity index (χ2v) is 7.13. The van der Waals surface area contributed by atoms with Crippen molar-refractivity contribution in [2.45, 2.75) is 20.0 Å². The van der Waals surface area contributed by atoms with Crippen molar-refractivity contribution in [3.05, 3.63) is 77.2 Å². The monoisotopic (exact) mass is 439 g/mol. The SMILES string of the molecule is CC(=O)c1cccc(NC(=O)c2nc3nc(-c4ccc(C)cc4)cc(C(F)(F)F)n3n2)c1. The number of halogens is 3. The van der Waals surface area contributed by atoms with Crippen LogP contribution in [0, 0.1) is 6.92 Å². The molecule has 162 valence electrons. The van der Waals surface area contributed by atoms with Crippen molar-refractivity contribution in [3.8, 4) is 11.3 Å². The minimum Gasteiger partial charge on any atom is -0.319 e. The van der Waals surface area contributed by atoms with Gasteiger partial charge in [0, 0.05) is 16.8 Å². The van der Waals surface area contributed by atoms with Gasteiger partial charge >= 0.3 is 6.18 Å². The van der Waals surface area contributed by atoms with Crippen molar-refractivity contribution in [1.29, 1.82) is 0 Å². The van der Waals surface area contributed by atoms with E-state index in [0.717, 1.165) is 11.6 Å². The molecule has 7 nitrogen and oxygen atoms in total. The van der Waals surface area contributed by atoms with Crippen molar-refractivity contribution < 1.29 is 22.8 Å². The summed E-state index contributed by atoms with van der Waals surface area (Å²) in [5, 5.41) is 6.21. The maximum atomic E-state index is 13.7. The molecular weight excluding hydrogens is 423 g/mol. The number of benzene rings is 2. The first kappa shape index (κ1) is 21.2. The van der Waals surface area contributed by atoms with Gasteiger partial charge in [-0.15, -0.1) is 5.10 Å². The minimum absolute atomic E-state index is 0.0540. The number of rotatable bonds is 4. The maximum Gasteiger partial charge on any atom is 0.433 e. The highest BCUT2D eigenvalue weighted by Crippen LogP contribution is 2.32. The Labute approximate surface area is 179 Å². The molecule has 0 radical (unpaired) electrons. The largest absolute Gasteiger partial charge is 0.433 e. The van der Waals surface area contributed by atoms with Gasteiger partial charge < -0.3 is 5.32 Å². The van der Waals surface area contributed by atoms with Gasteiger partial charge in [0.15, 0.2) is 11.5 Å². The van der Waals surface area contributed by atoms with E-state index in [4.69, 9.17) is 0 Å². The van der Waals surface area contributed by atoms with Crippen molar-refractivity contribution >= 4 is 23.2 Å². The predicted octanol–water partition coefficient (Wildman–Crippen LogP) is 4.57. The molecule has 4 aromatic rings. The van der Waals surface area contributed by atoms with Gasteiger partial charge in [-0.1, -0.05) is 42.0 Å². The number of alkyl halides is 3. The Morgan fingerprint density at radius 1 is 1.00 bits per heavy atom. The van der Waals surface area contributed by atoms with E-state index in [1.165, 1.54) is 19.1 Å². The van der Waals surface area contributed by atoms with E-state index in [9.17, 15) is 22.8 Å². The summed E-state index contributed by atoms with van der Waals surface area (Å²) >= 11 is 0. The topological polar surface area (TPSA) is 89.2 Å². The van der Waals surface area contributed by atoms with Crippen LogP contribution in [0.5, 0.6) is 0 Å². The number of hydrogen-bond acceptors (Lipinski definition) is 5. The lowest BCUT2D eigenvalue weighted by atomic mass is 10.1. The number of fused-ring (bicyclic) bond motifs is 1. The summed E-state index contributed by atoms with van der Waals surface area (Å²) in [7, 11) is 0. The maximum absolute atomic E-state index is 13.7. The summed E-state index contributed by atoms with van der Waals surface area (Å²) in [6, 6.07) is 13.8. The number of Topliss-reactive ketones (excluding diaryl/α,β-unsaturated/α-hetero) is 1. The molecule has 0 saturated carbocycles. The van der Waals surface area contributed by atoms with Gasteiger partial charge in [0.2, 0.25) is 5.82 Å². The quantitative estimate of drug-likeness (QED) is 0.471. The second-order valence-electron chi connectivity index (χ2n) is 7.13. The number of nitrogens with one attached hydrogen (secondary N) is 1. The molecule has 0 saturated heterocycles. The molecule has 0 fully saturated rings. The van der Waals surface area contributed by atoms with Crippen LogP contribution >= 0.6 is 0 Å². The smallest absolute Gasteiger partial charge is 0.319 e. The average molecular weight is 439 g/mol. The predicted molar refractivity (Wildman–Crippen MR) is 110 cm³/mol. The Morgan fingerprint density at radius 2 is 1.72 bits per heavy atom. The third-order valence-electron chi connectivity index (χ3n) is 4.68. The van der Waals surface area contributed by atoms with E-state index in [1.54, 1.807) is 36.4 Å². The Balaban J connectivity index is 1.75. The molecule has 1 amide bonds. The molecule has 0 spiro atoms. The molecule has 0 aliphatic rings. The molecule has 2 heterocycles. The molecule has 10 heteroatoms. The lowest BCUT2D eigenvalue weighted by molar-refractivity contribution is -0.142. The first-order valence-corrected chi connectivity index (χ1v) is 9.46. The van der Waals surface area contributed by atoms with Gasteiger partial charge in [-0.2, -0.15) is 22.7 Å². The number of aromatic nitrogens is 4. The molecule has 4 rings (SSSR count). The Morgan fingerprint density at radius 3 is 2.38 bits per heavy atom. The van der Waals surface area contributed by atoms with Crippen molar-refractivity contribution in [2.75, 3.05) is 5.32 Å². The van der Waals surface area contributed by atoms with Gasteiger partial charge in [-0.05, 0) is 32.0 Å². The summed E-state index contributed by atoms with van der Waals surface area (Å²) < 4.78 is 41.6. The van der Waals surface area contributed by atoms with Crippen LogP contribution in [0.15, 0.2) is 54.6 Å². The van der Waals surface area contributed by atoms with Crippen molar-refractivity contribution in [2.24, 2.45) is 0 Å². The van der Waals surface area contributed by atoms with Crippen LogP contribution in [0.25, 0.3) is 17.0 Å². The average Bonchev–Trinajstić information content (AvgIpc) is 3.17. The highest BCUT2D eigenvalue weighted by atomic mass is 19.4. The van der Waals surface area contributed by atoms with E-state index in [-0.39, 0.29) is 22.9 Å². The zero-order chi connectivity index (χ0) is 23.0. The Kier molecular flexibility index (Phi) is 5.21. The zero-order valence-electron chi connectivity index (χ0n) is 16.9. The third kappa shape index (κ3) is 4.20. The lowest BCUT2D eigenvalue weighted by Gasteiger charge is -2.10. The fourth-order valence-corrected chi connectivity index (χ4v) is 3.04. The van der Waals surface area contributed by atoms with E-state index in [2.05, 4.69) is 20.4 Å². The van der Waals surface area contributed by atoms with E-state index in [1.807, 2.05) is 6.92 Å². The summed E-state index contributed by atoms with van der Waals surface area (Å²) in [6.45, 7) is 3.23.